The van der Waals surface area contributed by atoms with E-state index in [0.717, 1.165) is 10.2 Å². The van der Waals surface area contributed by atoms with E-state index in [0.29, 0.717) is 11.6 Å². The quantitative estimate of drug-likeness (QED) is 0.894. The van der Waals surface area contributed by atoms with Crippen LogP contribution in [0, 0.1) is 5.82 Å². The molecule has 0 saturated heterocycles. The minimum atomic E-state index is -0.209. The zero-order valence-electron chi connectivity index (χ0n) is 11.2. The van der Waals surface area contributed by atoms with Crippen LogP contribution in [-0.2, 0) is 0 Å². The van der Waals surface area contributed by atoms with Gasteiger partial charge in [-0.2, -0.15) is 5.10 Å². The lowest BCUT2D eigenvalue weighted by Crippen LogP contribution is -2.08. The van der Waals surface area contributed by atoms with E-state index >= 15 is 0 Å². The Hall–Kier alpha value is -1.36. The summed E-state index contributed by atoms with van der Waals surface area (Å²) in [5.41, 5.74) is 1.52. The molecule has 19 heavy (non-hydrogen) atoms. The predicted octanol–water partition coefficient (Wildman–Crippen LogP) is 4.54. The molecule has 2 rings (SSSR count). The van der Waals surface area contributed by atoms with E-state index < -0.39 is 0 Å². The van der Waals surface area contributed by atoms with Crippen molar-refractivity contribution < 1.29 is 4.39 Å². The standard InChI is InChI=1S/C14H17BrFN3/c1-9(2)19-8-12(7-17-19)18-10(3)13-6-11(15)4-5-14(13)16/h4-10,18H,1-3H3. The highest BCUT2D eigenvalue weighted by Crippen LogP contribution is 2.24. The minimum Gasteiger partial charge on any atom is -0.376 e. The second-order valence-electron chi connectivity index (χ2n) is 4.83. The molecule has 0 fully saturated rings. The van der Waals surface area contributed by atoms with Gasteiger partial charge in [0, 0.05) is 22.3 Å². The third kappa shape index (κ3) is 3.35. The van der Waals surface area contributed by atoms with E-state index in [-0.39, 0.29) is 11.9 Å². The minimum absolute atomic E-state index is 0.123. The molecule has 0 aliphatic heterocycles. The smallest absolute Gasteiger partial charge is 0.128 e. The zero-order valence-corrected chi connectivity index (χ0v) is 12.8. The molecular formula is C14H17BrFN3. The van der Waals surface area contributed by atoms with Gasteiger partial charge in [-0.3, -0.25) is 4.68 Å². The molecule has 5 heteroatoms. The van der Waals surface area contributed by atoms with Gasteiger partial charge in [0.2, 0.25) is 0 Å². The van der Waals surface area contributed by atoms with Gasteiger partial charge in [0.1, 0.15) is 5.82 Å². The highest BCUT2D eigenvalue weighted by atomic mass is 79.9. The number of nitrogens with zero attached hydrogens (tertiary/aromatic N) is 2. The third-order valence-corrected chi connectivity index (χ3v) is 3.43. The lowest BCUT2D eigenvalue weighted by molar-refractivity contribution is 0.532. The summed E-state index contributed by atoms with van der Waals surface area (Å²) in [4.78, 5) is 0. The molecular weight excluding hydrogens is 309 g/mol. The van der Waals surface area contributed by atoms with Crippen molar-refractivity contribution in [3.63, 3.8) is 0 Å². The largest absolute Gasteiger partial charge is 0.376 e. The number of aromatic nitrogens is 2. The highest BCUT2D eigenvalue weighted by molar-refractivity contribution is 9.10. The average Bonchev–Trinajstić information content (AvgIpc) is 2.80. The number of benzene rings is 1. The molecule has 1 aromatic heterocycles. The van der Waals surface area contributed by atoms with Crippen molar-refractivity contribution in [3.05, 3.63) is 46.4 Å². The van der Waals surface area contributed by atoms with Crippen LogP contribution in [0.2, 0.25) is 0 Å². The summed E-state index contributed by atoms with van der Waals surface area (Å²) in [7, 11) is 0. The molecule has 102 valence electrons. The fraction of sp³-hybridized carbons (Fsp3) is 0.357. The molecule has 0 spiro atoms. The van der Waals surface area contributed by atoms with Crippen LogP contribution in [-0.4, -0.2) is 9.78 Å². The van der Waals surface area contributed by atoms with E-state index in [9.17, 15) is 4.39 Å². The Balaban J connectivity index is 2.15. The molecule has 0 aliphatic rings. The van der Waals surface area contributed by atoms with Gasteiger partial charge < -0.3 is 5.32 Å². The highest BCUT2D eigenvalue weighted by Gasteiger charge is 2.12. The van der Waals surface area contributed by atoms with E-state index in [4.69, 9.17) is 0 Å². The lowest BCUT2D eigenvalue weighted by Gasteiger charge is -2.15. The van der Waals surface area contributed by atoms with Crippen LogP contribution in [0.15, 0.2) is 35.1 Å². The fourth-order valence-electron chi connectivity index (χ4n) is 1.87. The van der Waals surface area contributed by atoms with Crippen LogP contribution in [0.5, 0.6) is 0 Å². The van der Waals surface area contributed by atoms with E-state index in [1.807, 2.05) is 17.8 Å². The third-order valence-electron chi connectivity index (χ3n) is 2.94. The second kappa shape index (κ2) is 5.74. The van der Waals surface area contributed by atoms with Gasteiger partial charge in [-0.05, 0) is 39.0 Å². The van der Waals surface area contributed by atoms with Crippen molar-refractivity contribution >= 4 is 21.6 Å². The lowest BCUT2D eigenvalue weighted by atomic mass is 10.1. The van der Waals surface area contributed by atoms with Crippen LogP contribution in [0.1, 0.15) is 38.4 Å². The Labute approximate surface area is 121 Å². The zero-order chi connectivity index (χ0) is 14.0. The summed E-state index contributed by atoms with van der Waals surface area (Å²) in [5, 5.41) is 7.51. The van der Waals surface area contributed by atoms with Crippen molar-refractivity contribution in [1.82, 2.24) is 9.78 Å². The number of hydrogen-bond donors (Lipinski definition) is 1. The first kappa shape index (κ1) is 14.1. The Morgan fingerprint density at radius 1 is 1.32 bits per heavy atom. The molecule has 1 aromatic carbocycles. The van der Waals surface area contributed by atoms with Crippen LogP contribution < -0.4 is 5.32 Å². The normalized spacial score (nSPS) is 12.7. The van der Waals surface area contributed by atoms with Gasteiger partial charge in [0.15, 0.2) is 0 Å². The van der Waals surface area contributed by atoms with Gasteiger partial charge in [0.25, 0.3) is 0 Å². The molecule has 0 saturated carbocycles. The van der Waals surface area contributed by atoms with Crippen molar-refractivity contribution in [3.8, 4) is 0 Å². The Morgan fingerprint density at radius 2 is 2.05 bits per heavy atom. The van der Waals surface area contributed by atoms with Crippen LogP contribution in [0.4, 0.5) is 10.1 Å². The number of anilines is 1. The van der Waals surface area contributed by atoms with Crippen LogP contribution in [0.25, 0.3) is 0 Å². The van der Waals surface area contributed by atoms with Gasteiger partial charge in [0.05, 0.1) is 17.9 Å². The average molecular weight is 326 g/mol. The summed E-state index contributed by atoms with van der Waals surface area (Å²) in [5.74, 6) is -0.209. The van der Waals surface area contributed by atoms with Gasteiger partial charge in [-0.15, -0.1) is 0 Å². The van der Waals surface area contributed by atoms with Crippen LogP contribution in [0.3, 0.4) is 0 Å². The van der Waals surface area contributed by atoms with Gasteiger partial charge in [-0.1, -0.05) is 15.9 Å². The number of halogens is 2. The van der Waals surface area contributed by atoms with Crippen molar-refractivity contribution in [2.75, 3.05) is 5.32 Å². The van der Waals surface area contributed by atoms with Crippen molar-refractivity contribution in [2.45, 2.75) is 32.9 Å². The summed E-state index contributed by atoms with van der Waals surface area (Å²) in [6, 6.07) is 5.15. The van der Waals surface area contributed by atoms with Gasteiger partial charge >= 0.3 is 0 Å². The summed E-state index contributed by atoms with van der Waals surface area (Å²) in [6.07, 6.45) is 3.68. The summed E-state index contributed by atoms with van der Waals surface area (Å²) >= 11 is 3.36. The Morgan fingerprint density at radius 3 is 2.68 bits per heavy atom. The molecule has 2 aromatic rings. The van der Waals surface area contributed by atoms with E-state index in [2.05, 4.69) is 40.2 Å². The molecule has 0 radical (unpaired) electrons. The molecule has 0 aliphatic carbocycles. The first-order valence-corrected chi connectivity index (χ1v) is 7.02. The first-order chi connectivity index (χ1) is 8.97. The SMILES string of the molecule is CC(Nc1cnn(C(C)C)c1)c1cc(Br)ccc1F. The maximum absolute atomic E-state index is 13.8. The predicted molar refractivity (Wildman–Crippen MR) is 78.7 cm³/mol. The summed E-state index contributed by atoms with van der Waals surface area (Å²) in [6.45, 7) is 6.06. The number of rotatable bonds is 4. The van der Waals surface area contributed by atoms with Crippen LogP contribution >= 0.6 is 15.9 Å². The number of hydrogen-bond acceptors (Lipinski definition) is 2. The van der Waals surface area contributed by atoms with Crippen molar-refractivity contribution in [2.24, 2.45) is 0 Å². The first-order valence-electron chi connectivity index (χ1n) is 6.23. The second-order valence-corrected chi connectivity index (χ2v) is 5.75. The molecule has 1 heterocycles. The topological polar surface area (TPSA) is 29.9 Å². The van der Waals surface area contributed by atoms with Crippen molar-refractivity contribution in [1.29, 1.82) is 0 Å². The molecule has 1 N–H and O–H groups in total. The fourth-order valence-corrected chi connectivity index (χ4v) is 2.25. The molecule has 0 bridgehead atoms. The Kier molecular flexibility index (Phi) is 4.24. The number of nitrogens with one attached hydrogen (secondary N) is 1. The maximum Gasteiger partial charge on any atom is 0.128 e. The Bertz CT molecular complexity index is 566. The van der Waals surface area contributed by atoms with E-state index in [1.54, 1.807) is 18.3 Å². The van der Waals surface area contributed by atoms with Gasteiger partial charge in [-0.25, -0.2) is 4.39 Å². The monoisotopic (exact) mass is 325 g/mol. The van der Waals surface area contributed by atoms with E-state index in [1.165, 1.54) is 6.07 Å². The molecule has 0 amide bonds. The molecule has 1 atom stereocenters. The maximum atomic E-state index is 13.8. The molecule has 1 unspecified atom stereocenters. The molecule has 3 nitrogen and oxygen atoms in total. The summed E-state index contributed by atoms with van der Waals surface area (Å²) < 4.78 is 16.5.